The summed E-state index contributed by atoms with van der Waals surface area (Å²) in [4.78, 5) is 19.2. The van der Waals surface area contributed by atoms with Crippen LogP contribution in [0.25, 0.3) is 0 Å². The summed E-state index contributed by atoms with van der Waals surface area (Å²) >= 11 is 0. The molecule has 0 aromatic rings. The minimum atomic E-state index is -1.84. The summed E-state index contributed by atoms with van der Waals surface area (Å²) in [5.41, 5.74) is 1.07. The molecule has 6 aliphatic heterocycles. The van der Waals surface area contributed by atoms with Gasteiger partial charge in [-0.05, 0) is 74.5 Å². The van der Waals surface area contributed by atoms with Gasteiger partial charge in [-0.2, -0.15) is 0 Å². The minimum absolute atomic E-state index is 0.0322. The number of rotatable bonds is 10. The van der Waals surface area contributed by atoms with Crippen molar-refractivity contribution >= 4 is 12.2 Å². The molecule has 66 heavy (non-hydrogen) atoms. The van der Waals surface area contributed by atoms with Crippen molar-refractivity contribution in [2.24, 2.45) is 28.8 Å². The van der Waals surface area contributed by atoms with Gasteiger partial charge in [0.25, 0.3) is 0 Å². The van der Waals surface area contributed by atoms with Gasteiger partial charge in [0.2, 0.25) is 0 Å². The molecular weight excluding hydrogens is 851 g/mol. The summed E-state index contributed by atoms with van der Waals surface area (Å²) in [5, 5.41) is 27.6. The molecule has 15 nitrogen and oxygen atoms in total. The van der Waals surface area contributed by atoms with E-state index in [0.29, 0.717) is 43.3 Å². The van der Waals surface area contributed by atoms with Crippen molar-refractivity contribution in [2.75, 3.05) is 27.9 Å². The van der Waals surface area contributed by atoms with E-state index in [2.05, 4.69) is 51.9 Å². The molecule has 368 valence electrons. The Hall–Kier alpha value is -3.06. The Kier molecular flexibility index (Phi) is 16.7. The lowest BCUT2D eigenvalue weighted by Crippen LogP contribution is -2.58. The van der Waals surface area contributed by atoms with Gasteiger partial charge in [0, 0.05) is 51.7 Å². The summed E-state index contributed by atoms with van der Waals surface area (Å²) in [5.74, 6) is -2.57. The zero-order valence-electron chi connectivity index (χ0n) is 40.7. The van der Waals surface area contributed by atoms with E-state index in [-0.39, 0.29) is 54.9 Å². The SMILES string of the molecule is CCC(C)C1OC2(C=CC1C)CC1CC(C/C=C(\C)C(OC3CC(OC)C(OC4CC(OC)/C(=C/C=N/OC)C(C)O4)C(C)O3)C(C)/C=C/C=C3\COC4C(O)C(C)=CC(C(=O)O1)C34O)O2. The molecule has 0 aromatic heterocycles. The monoisotopic (exact) mass is 926 g/mol. The van der Waals surface area contributed by atoms with Gasteiger partial charge < -0.3 is 62.4 Å². The number of hydrogen-bond acceptors (Lipinski definition) is 15. The number of carbonyl (C=O) groups excluding carboxylic acids is 1. The average molecular weight is 926 g/mol. The highest BCUT2D eigenvalue weighted by atomic mass is 16.7. The Morgan fingerprint density at radius 2 is 1.73 bits per heavy atom. The van der Waals surface area contributed by atoms with Gasteiger partial charge >= 0.3 is 5.97 Å². The van der Waals surface area contributed by atoms with Crippen molar-refractivity contribution in [3.05, 3.63) is 70.9 Å². The third kappa shape index (κ3) is 10.7. The van der Waals surface area contributed by atoms with Crippen molar-refractivity contribution in [1.29, 1.82) is 0 Å². The molecule has 1 aliphatic carbocycles. The lowest BCUT2D eigenvalue weighted by atomic mass is 9.71. The Bertz CT molecular complexity index is 1910. The van der Waals surface area contributed by atoms with Crippen LogP contribution >= 0.6 is 0 Å². The van der Waals surface area contributed by atoms with E-state index in [4.69, 9.17) is 52.2 Å². The number of hydrogen-bond donors (Lipinski definition) is 2. The highest BCUT2D eigenvalue weighted by molar-refractivity contribution is 5.78. The number of oxime groups is 1. The van der Waals surface area contributed by atoms with Gasteiger partial charge in [-0.1, -0.05) is 75.7 Å². The fourth-order valence-corrected chi connectivity index (χ4v) is 10.9. The molecule has 0 radical (unpaired) electrons. The number of nitrogens with zero attached hydrogens (tertiary/aromatic N) is 1. The van der Waals surface area contributed by atoms with Crippen LogP contribution in [0, 0.1) is 23.7 Å². The topological polar surface area (TPSA) is 171 Å². The molecule has 2 N–H and O–H groups in total. The molecule has 4 saturated heterocycles. The predicted octanol–water partition coefficient (Wildman–Crippen LogP) is 6.58. The normalized spacial score (nSPS) is 46.5. The van der Waals surface area contributed by atoms with Crippen LogP contribution in [-0.2, 0) is 57.0 Å². The number of fused-ring (bicyclic) bond motifs is 2. The van der Waals surface area contributed by atoms with Crippen molar-refractivity contribution < 1.29 is 67.2 Å². The fraction of sp³-hybridized carbons (Fsp3) is 0.725. The van der Waals surface area contributed by atoms with Crippen LogP contribution in [0.15, 0.2) is 76.1 Å². The minimum Gasteiger partial charge on any atom is -0.462 e. The van der Waals surface area contributed by atoms with Gasteiger partial charge in [0.1, 0.15) is 43.0 Å². The number of methoxy groups -OCH3 is 2. The Morgan fingerprint density at radius 3 is 2.45 bits per heavy atom. The van der Waals surface area contributed by atoms with Gasteiger partial charge in [-0.15, -0.1) is 0 Å². The van der Waals surface area contributed by atoms with E-state index in [1.54, 1.807) is 39.5 Å². The first kappa shape index (κ1) is 50.8. The number of aliphatic hydroxyl groups is 2. The maximum Gasteiger partial charge on any atom is 0.316 e. The maximum absolute atomic E-state index is 14.4. The second-order valence-electron chi connectivity index (χ2n) is 19.5. The van der Waals surface area contributed by atoms with E-state index in [0.717, 1.165) is 17.6 Å². The van der Waals surface area contributed by atoms with Crippen molar-refractivity contribution in [3.63, 3.8) is 0 Å². The van der Waals surface area contributed by atoms with Crippen LogP contribution in [-0.4, -0.2) is 141 Å². The summed E-state index contributed by atoms with van der Waals surface area (Å²) in [6.07, 6.45) is 13.3. The number of ether oxygens (including phenoxy) is 10. The van der Waals surface area contributed by atoms with Gasteiger partial charge in [-0.25, -0.2) is 0 Å². The Balaban J connectivity index is 1.16. The lowest BCUT2D eigenvalue weighted by molar-refractivity contribution is -0.305. The molecule has 15 heteroatoms. The van der Waals surface area contributed by atoms with Crippen LogP contribution in [0.3, 0.4) is 0 Å². The first-order chi connectivity index (χ1) is 31.5. The van der Waals surface area contributed by atoms with Crippen LogP contribution in [0.4, 0.5) is 0 Å². The van der Waals surface area contributed by atoms with E-state index in [1.165, 1.54) is 7.11 Å². The molecule has 7 rings (SSSR count). The maximum atomic E-state index is 14.4. The van der Waals surface area contributed by atoms with Gasteiger partial charge in [0.05, 0.1) is 55.5 Å². The van der Waals surface area contributed by atoms with E-state index >= 15 is 0 Å². The first-order valence-corrected chi connectivity index (χ1v) is 24.0. The molecule has 4 fully saturated rings. The summed E-state index contributed by atoms with van der Waals surface area (Å²) in [6, 6.07) is 0. The number of allylic oxidation sites excluding steroid dienone is 3. The molecule has 7 aliphatic rings. The quantitative estimate of drug-likeness (QED) is 0.104. The van der Waals surface area contributed by atoms with Crippen LogP contribution in [0.1, 0.15) is 93.9 Å². The number of esters is 1. The third-order valence-electron chi connectivity index (χ3n) is 14.9. The van der Waals surface area contributed by atoms with Crippen LogP contribution < -0.4 is 0 Å². The number of aliphatic hydroxyl groups excluding tert-OH is 1. The predicted molar refractivity (Wildman–Crippen MR) is 245 cm³/mol. The first-order valence-electron chi connectivity index (χ1n) is 24.0. The van der Waals surface area contributed by atoms with Crippen LogP contribution in [0.2, 0.25) is 0 Å². The fourth-order valence-electron chi connectivity index (χ4n) is 10.9. The second kappa shape index (κ2) is 21.7. The van der Waals surface area contributed by atoms with Gasteiger partial charge in [-0.3, -0.25) is 4.79 Å². The van der Waals surface area contributed by atoms with Crippen LogP contribution in [0.5, 0.6) is 0 Å². The van der Waals surface area contributed by atoms with Crippen molar-refractivity contribution in [2.45, 2.75) is 185 Å². The molecule has 6 heterocycles. The largest absolute Gasteiger partial charge is 0.462 e. The van der Waals surface area contributed by atoms with E-state index < -0.39 is 72.5 Å². The zero-order valence-corrected chi connectivity index (χ0v) is 40.7. The summed E-state index contributed by atoms with van der Waals surface area (Å²) in [7, 11) is 4.83. The second-order valence-corrected chi connectivity index (χ2v) is 19.5. The van der Waals surface area contributed by atoms with Crippen molar-refractivity contribution in [1.82, 2.24) is 0 Å². The summed E-state index contributed by atoms with van der Waals surface area (Å²) in [6.45, 7) is 16.3. The summed E-state index contributed by atoms with van der Waals surface area (Å²) < 4.78 is 64.7. The smallest absolute Gasteiger partial charge is 0.316 e. The molecule has 0 aromatic carbocycles. The molecular formula is C51H75NO14. The standard InChI is InChI=1S/C51H75NO14/c1-12-28(2)46-31(5)18-20-50(66-46)26-37-23-36(65-50)17-16-30(4)45(29(3)14-13-15-35-27-59-48-44(53)32(6)22-39(49(54)62-37)51(35,48)55)63-43-25-41(57-10)47(34(8)61-43)64-42-24-40(56-9)38(33(7)60-42)19-21-52-58-11/h13-16,18-22,28-29,31,33-34,36-37,39-48,53,55H,12,17,23-27H2,1-11H3/b14-13+,30-16+,35-15+,38-19+,52-21+. The van der Waals surface area contributed by atoms with Gasteiger partial charge in [0.15, 0.2) is 18.4 Å². The Labute approximate surface area is 391 Å². The lowest BCUT2D eigenvalue weighted by Gasteiger charge is -2.48. The zero-order chi connectivity index (χ0) is 47.5. The van der Waals surface area contributed by atoms with Crippen molar-refractivity contribution in [3.8, 4) is 0 Å². The van der Waals surface area contributed by atoms with E-state index in [1.807, 2.05) is 38.2 Å². The number of carbonyl (C=O) groups is 1. The third-order valence-corrected chi connectivity index (χ3v) is 14.9. The Morgan fingerprint density at radius 1 is 0.955 bits per heavy atom. The molecule has 0 amide bonds. The molecule has 2 bridgehead atoms. The van der Waals surface area contributed by atoms with E-state index in [9.17, 15) is 15.0 Å². The highest BCUT2D eigenvalue weighted by Gasteiger charge is 2.60. The average Bonchev–Trinajstić information content (AvgIpc) is 3.63. The molecule has 19 unspecified atom stereocenters. The molecule has 1 spiro atoms. The molecule has 0 saturated carbocycles. The highest BCUT2D eigenvalue weighted by Crippen LogP contribution is 2.47. The molecule has 19 atom stereocenters.